The fraction of sp³-hybridized carbons (Fsp3) is 0.500. The van der Waals surface area contributed by atoms with Crippen LogP contribution in [0.15, 0.2) is 18.2 Å². The predicted octanol–water partition coefficient (Wildman–Crippen LogP) is 2.96. The van der Waals surface area contributed by atoms with Crippen molar-refractivity contribution < 1.29 is 14.6 Å². The number of carboxylic acid groups (broad SMARTS) is 1. The van der Waals surface area contributed by atoms with Gasteiger partial charge in [-0.05, 0) is 43.9 Å². The Morgan fingerprint density at radius 1 is 1.24 bits per heavy atom. The molecule has 0 amide bonds. The minimum Gasteiger partial charge on any atom is -0.478 e. The first kappa shape index (κ1) is 12.8. The van der Waals surface area contributed by atoms with Gasteiger partial charge in [0, 0.05) is 25.2 Å². The number of nitrogens with zero attached hydrogens (tertiary/aromatic N) is 2. The Morgan fingerprint density at radius 2 is 2.00 bits per heavy atom. The number of ether oxygens (including phenoxy) is 1. The number of carboxylic acids is 1. The van der Waals surface area contributed by atoms with Crippen LogP contribution in [-0.2, 0) is 4.74 Å². The van der Waals surface area contributed by atoms with Crippen molar-refractivity contribution in [3.63, 3.8) is 0 Å². The minimum atomic E-state index is -0.885. The van der Waals surface area contributed by atoms with E-state index in [2.05, 4.69) is 4.57 Å². The van der Waals surface area contributed by atoms with E-state index >= 15 is 0 Å². The van der Waals surface area contributed by atoms with Crippen LogP contribution in [0, 0.1) is 0 Å². The lowest BCUT2D eigenvalue weighted by molar-refractivity contribution is 0.0689. The molecule has 110 valence electrons. The van der Waals surface area contributed by atoms with Crippen LogP contribution >= 0.6 is 0 Å². The smallest absolute Gasteiger partial charge is 0.335 e. The molecule has 2 heterocycles. The van der Waals surface area contributed by atoms with Gasteiger partial charge in [0.25, 0.3) is 0 Å². The summed E-state index contributed by atoms with van der Waals surface area (Å²) in [7, 11) is 0. The lowest BCUT2D eigenvalue weighted by Crippen LogP contribution is -2.21. The highest BCUT2D eigenvalue weighted by atomic mass is 16.5. The molecule has 2 fully saturated rings. The van der Waals surface area contributed by atoms with Crippen LogP contribution in [0.1, 0.15) is 53.8 Å². The monoisotopic (exact) mass is 286 g/mol. The Labute approximate surface area is 122 Å². The first-order valence-corrected chi connectivity index (χ1v) is 7.57. The highest BCUT2D eigenvalue weighted by Crippen LogP contribution is 2.43. The molecular weight excluding hydrogens is 268 g/mol. The van der Waals surface area contributed by atoms with E-state index in [-0.39, 0.29) is 0 Å². The van der Waals surface area contributed by atoms with Gasteiger partial charge in [0.05, 0.1) is 16.6 Å². The molecule has 1 aromatic carbocycles. The molecule has 1 saturated carbocycles. The van der Waals surface area contributed by atoms with Crippen LogP contribution in [0.25, 0.3) is 11.0 Å². The van der Waals surface area contributed by atoms with Crippen molar-refractivity contribution in [1.29, 1.82) is 0 Å². The number of benzene rings is 1. The molecule has 5 nitrogen and oxygen atoms in total. The predicted molar refractivity (Wildman–Crippen MR) is 77.8 cm³/mol. The van der Waals surface area contributed by atoms with Crippen molar-refractivity contribution in [2.75, 3.05) is 13.2 Å². The highest BCUT2D eigenvalue weighted by molar-refractivity contribution is 5.92. The summed E-state index contributed by atoms with van der Waals surface area (Å²) in [5.74, 6) is 0.803. The second-order valence-electron chi connectivity index (χ2n) is 5.97. The number of fused-ring (bicyclic) bond motifs is 1. The van der Waals surface area contributed by atoms with E-state index in [1.807, 2.05) is 6.07 Å². The van der Waals surface area contributed by atoms with Crippen molar-refractivity contribution in [3.8, 4) is 0 Å². The number of aromatic nitrogens is 2. The van der Waals surface area contributed by atoms with Gasteiger partial charge in [-0.25, -0.2) is 9.78 Å². The van der Waals surface area contributed by atoms with Gasteiger partial charge in [0.1, 0.15) is 5.82 Å². The van der Waals surface area contributed by atoms with Crippen molar-refractivity contribution >= 4 is 17.0 Å². The molecule has 21 heavy (non-hydrogen) atoms. The highest BCUT2D eigenvalue weighted by Gasteiger charge is 2.32. The number of carbonyl (C=O) groups is 1. The normalized spacial score (nSPS) is 20.0. The summed E-state index contributed by atoms with van der Waals surface area (Å²) < 4.78 is 7.75. The van der Waals surface area contributed by atoms with E-state index in [1.54, 1.807) is 12.1 Å². The summed E-state index contributed by atoms with van der Waals surface area (Å²) in [6.07, 6.45) is 4.33. The molecule has 1 aliphatic carbocycles. The molecule has 0 atom stereocenters. The molecule has 1 saturated heterocycles. The van der Waals surface area contributed by atoms with Crippen molar-refractivity contribution in [2.45, 2.75) is 37.6 Å². The zero-order valence-electron chi connectivity index (χ0n) is 11.8. The molecule has 0 radical (unpaired) electrons. The lowest BCUT2D eigenvalue weighted by atomic mass is 10.1. The molecule has 1 N–H and O–H groups in total. The van der Waals surface area contributed by atoms with Crippen LogP contribution in [0.4, 0.5) is 0 Å². The van der Waals surface area contributed by atoms with E-state index < -0.39 is 5.97 Å². The molecule has 2 aromatic rings. The van der Waals surface area contributed by atoms with Crippen LogP contribution in [0.3, 0.4) is 0 Å². The first-order chi connectivity index (χ1) is 10.2. The van der Waals surface area contributed by atoms with Gasteiger partial charge in [-0.3, -0.25) is 0 Å². The lowest BCUT2D eigenvalue weighted by Gasteiger charge is -2.26. The number of rotatable bonds is 3. The molecule has 0 bridgehead atoms. The Kier molecular flexibility index (Phi) is 2.96. The van der Waals surface area contributed by atoms with Crippen molar-refractivity contribution in [2.24, 2.45) is 0 Å². The Bertz CT molecular complexity index is 697. The van der Waals surface area contributed by atoms with Crippen LogP contribution in [0.5, 0.6) is 0 Å². The Balaban J connectivity index is 1.88. The van der Waals surface area contributed by atoms with Crippen molar-refractivity contribution in [3.05, 3.63) is 29.6 Å². The maximum absolute atomic E-state index is 11.2. The maximum Gasteiger partial charge on any atom is 0.335 e. The maximum atomic E-state index is 11.2. The number of hydrogen-bond acceptors (Lipinski definition) is 3. The third kappa shape index (κ3) is 2.21. The van der Waals surface area contributed by atoms with Crippen LogP contribution in [-0.4, -0.2) is 33.8 Å². The third-order valence-electron chi connectivity index (χ3n) is 4.46. The van der Waals surface area contributed by atoms with Gasteiger partial charge < -0.3 is 14.4 Å². The fourth-order valence-electron chi connectivity index (χ4n) is 3.20. The summed E-state index contributed by atoms with van der Waals surface area (Å²) in [5, 5.41) is 9.22. The SMILES string of the molecule is O=C(O)c1ccc2nc(C3CC3)n(C3CCOCC3)c2c1. The van der Waals surface area contributed by atoms with Crippen molar-refractivity contribution in [1.82, 2.24) is 9.55 Å². The zero-order chi connectivity index (χ0) is 14.4. The summed E-state index contributed by atoms with van der Waals surface area (Å²) >= 11 is 0. The summed E-state index contributed by atoms with van der Waals surface area (Å²) in [6, 6.07) is 5.62. The van der Waals surface area contributed by atoms with Crippen LogP contribution in [0.2, 0.25) is 0 Å². The largest absolute Gasteiger partial charge is 0.478 e. The Hall–Kier alpha value is -1.88. The van der Waals surface area contributed by atoms with Gasteiger partial charge in [-0.1, -0.05) is 0 Å². The molecule has 2 aliphatic rings. The van der Waals surface area contributed by atoms with Gasteiger partial charge in [0.15, 0.2) is 0 Å². The van der Waals surface area contributed by atoms with Gasteiger partial charge in [-0.15, -0.1) is 0 Å². The number of imidazole rings is 1. The molecular formula is C16H18N2O3. The second-order valence-corrected chi connectivity index (χ2v) is 5.97. The topological polar surface area (TPSA) is 64.3 Å². The quantitative estimate of drug-likeness (QED) is 0.942. The molecule has 1 aliphatic heterocycles. The van der Waals surface area contributed by atoms with Gasteiger partial charge in [0.2, 0.25) is 0 Å². The number of aromatic carboxylic acids is 1. The Morgan fingerprint density at radius 3 is 2.67 bits per heavy atom. The fourth-order valence-corrected chi connectivity index (χ4v) is 3.20. The molecule has 0 unspecified atom stereocenters. The van der Waals surface area contributed by atoms with E-state index in [4.69, 9.17) is 9.72 Å². The molecule has 5 heteroatoms. The average molecular weight is 286 g/mol. The second kappa shape index (κ2) is 4.84. The molecule has 1 aromatic heterocycles. The molecule has 0 spiro atoms. The van der Waals surface area contributed by atoms with Gasteiger partial charge >= 0.3 is 5.97 Å². The van der Waals surface area contributed by atoms with Crippen LogP contribution < -0.4 is 0 Å². The van der Waals surface area contributed by atoms with Gasteiger partial charge in [-0.2, -0.15) is 0 Å². The average Bonchev–Trinajstić information content (AvgIpc) is 3.28. The number of hydrogen-bond donors (Lipinski definition) is 1. The van der Waals surface area contributed by atoms with E-state index in [1.165, 1.54) is 12.8 Å². The summed E-state index contributed by atoms with van der Waals surface area (Å²) in [6.45, 7) is 1.54. The minimum absolute atomic E-state index is 0.332. The summed E-state index contributed by atoms with van der Waals surface area (Å²) in [5.41, 5.74) is 2.20. The first-order valence-electron chi connectivity index (χ1n) is 7.57. The van der Waals surface area contributed by atoms with E-state index in [0.29, 0.717) is 17.5 Å². The summed E-state index contributed by atoms with van der Waals surface area (Å²) in [4.78, 5) is 16.0. The standard InChI is InChI=1S/C16H18N2O3/c19-16(20)11-3-4-13-14(9-11)18(12-5-7-21-8-6-12)15(17-13)10-1-2-10/h3-4,9-10,12H,1-2,5-8H2,(H,19,20). The molecule has 4 rings (SSSR count). The zero-order valence-corrected chi connectivity index (χ0v) is 11.8. The van der Waals surface area contributed by atoms with E-state index in [9.17, 15) is 9.90 Å². The van der Waals surface area contributed by atoms with E-state index in [0.717, 1.165) is 42.9 Å². The third-order valence-corrected chi connectivity index (χ3v) is 4.46.